The smallest absolute Gasteiger partial charge is 0.477 e. The summed E-state index contributed by atoms with van der Waals surface area (Å²) in [5.41, 5.74) is -0.976. The van der Waals surface area contributed by atoms with Crippen molar-refractivity contribution in [3.8, 4) is 16.9 Å². The maximum absolute atomic E-state index is 12.1. The van der Waals surface area contributed by atoms with Crippen LogP contribution in [0.25, 0.3) is 11.1 Å². The summed E-state index contributed by atoms with van der Waals surface area (Å²) in [6.45, 7) is 0. The Morgan fingerprint density at radius 1 is 1.13 bits per heavy atom. The molecule has 0 atom stereocenters. The fourth-order valence-corrected chi connectivity index (χ4v) is 1.98. The highest BCUT2D eigenvalue weighted by Gasteiger charge is 2.31. The molecular formula is C14H8F3NO5. The van der Waals surface area contributed by atoms with Crippen molar-refractivity contribution in [2.24, 2.45) is 0 Å². The molecule has 0 radical (unpaired) electrons. The molecule has 0 bridgehead atoms. The number of nitro benzene ring substituents is 1. The van der Waals surface area contributed by atoms with E-state index in [-0.39, 0.29) is 11.1 Å². The van der Waals surface area contributed by atoms with Gasteiger partial charge in [0, 0.05) is 0 Å². The van der Waals surface area contributed by atoms with E-state index in [1.165, 1.54) is 24.3 Å². The third-order valence-corrected chi connectivity index (χ3v) is 2.85. The van der Waals surface area contributed by atoms with Crippen molar-refractivity contribution < 1.29 is 32.7 Å². The summed E-state index contributed by atoms with van der Waals surface area (Å²) >= 11 is 0. The van der Waals surface area contributed by atoms with Crippen LogP contribution in [0, 0.1) is 10.1 Å². The van der Waals surface area contributed by atoms with Crippen molar-refractivity contribution in [3.63, 3.8) is 0 Å². The molecule has 2 rings (SSSR count). The standard InChI is InChI=1S/C14H8F3NO5/c15-14(16,17)23-9-6-4-8(5-7-9)10-2-1-3-11(13(19)20)12(10)18(21)22/h1-7H,(H,19,20). The number of nitro groups is 1. The van der Waals surface area contributed by atoms with Gasteiger partial charge in [-0.15, -0.1) is 13.2 Å². The monoisotopic (exact) mass is 327 g/mol. The summed E-state index contributed by atoms with van der Waals surface area (Å²) < 4.78 is 40.0. The first-order valence-electron chi connectivity index (χ1n) is 6.06. The molecule has 23 heavy (non-hydrogen) atoms. The molecule has 0 spiro atoms. The van der Waals surface area contributed by atoms with E-state index in [1.807, 2.05) is 0 Å². The zero-order valence-electron chi connectivity index (χ0n) is 11.2. The van der Waals surface area contributed by atoms with E-state index in [2.05, 4.69) is 4.74 Å². The first-order valence-corrected chi connectivity index (χ1v) is 6.06. The minimum Gasteiger partial charge on any atom is -0.477 e. The number of alkyl halides is 3. The molecule has 2 aromatic carbocycles. The third kappa shape index (κ3) is 3.76. The van der Waals surface area contributed by atoms with Crippen molar-refractivity contribution in [1.29, 1.82) is 0 Å². The van der Waals surface area contributed by atoms with Crippen molar-refractivity contribution in [3.05, 3.63) is 58.1 Å². The summed E-state index contributed by atoms with van der Waals surface area (Å²) in [7, 11) is 0. The molecule has 0 fully saturated rings. The molecule has 0 saturated carbocycles. The Balaban J connectivity index is 2.48. The number of benzene rings is 2. The van der Waals surface area contributed by atoms with Gasteiger partial charge in [0.15, 0.2) is 0 Å². The highest BCUT2D eigenvalue weighted by atomic mass is 19.4. The number of para-hydroxylation sites is 1. The van der Waals surface area contributed by atoms with Gasteiger partial charge in [0.1, 0.15) is 11.3 Å². The molecule has 0 unspecified atom stereocenters. The van der Waals surface area contributed by atoms with Gasteiger partial charge in [-0.1, -0.05) is 18.2 Å². The summed E-state index contributed by atoms with van der Waals surface area (Å²) in [4.78, 5) is 21.4. The quantitative estimate of drug-likeness (QED) is 0.680. The zero-order chi connectivity index (χ0) is 17.2. The molecule has 0 aromatic heterocycles. The van der Waals surface area contributed by atoms with Crippen LogP contribution in [-0.2, 0) is 0 Å². The summed E-state index contributed by atoms with van der Waals surface area (Å²) in [5, 5.41) is 20.2. The normalized spacial score (nSPS) is 11.1. The third-order valence-electron chi connectivity index (χ3n) is 2.85. The molecule has 0 aliphatic heterocycles. The second-order valence-corrected chi connectivity index (χ2v) is 4.34. The van der Waals surface area contributed by atoms with E-state index in [1.54, 1.807) is 0 Å². The van der Waals surface area contributed by atoms with Gasteiger partial charge in [0.2, 0.25) is 0 Å². The number of carbonyl (C=O) groups is 1. The second-order valence-electron chi connectivity index (χ2n) is 4.34. The Labute approximate surface area is 126 Å². The predicted octanol–water partition coefficient (Wildman–Crippen LogP) is 3.86. The lowest BCUT2D eigenvalue weighted by atomic mass is 10.00. The van der Waals surface area contributed by atoms with Crippen molar-refractivity contribution in [1.82, 2.24) is 0 Å². The van der Waals surface area contributed by atoms with Gasteiger partial charge in [0.05, 0.1) is 10.5 Å². The van der Waals surface area contributed by atoms with Crippen LogP contribution >= 0.6 is 0 Å². The molecule has 0 saturated heterocycles. The molecule has 2 aromatic rings. The van der Waals surface area contributed by atoms with E-state index in [9.17, 15) is 28.1 Å². The Morgan fingerprint density at radius 3 is 2.22 bits per heavy atom. The van der Waals surface area contributed by atoms with Gasteiger partial charge >= 0.3 is 12.3 Å². The van der Waals surface area contributed by atoms with E-state index >= 15 is 0 Å². The Bertz CT molecular complexity index is 756. The number of ether oxygens (including phenoxy) is 1. The van der Waals surface area contributed by atoms with Crippen LogP contribution in [0.1, 0.15) is 10.4 Å². The fraction of sp³-hybridized carbons (Fsp3) is 0.0714. The molecule has 6 nitrogen and oxygen atoms in total. The van der Waals surface area contributed by atoms with Gasteiger partial charge in [0.25, 0.3) is 5.69 Å². The average Bonchev–Trinajstić information content (AvgIpc) is 2.45. The predicted molar refractivity (Wildman–Crippen MR) is 72.2 cm³/mol. The number of nitrogens with zero attached hydrogens (tertiary/aromatic N) is 1. The molecule has 9 heteroatoms. The van der Waals surface area contributed by atoms with Gasteiger partial charge in [-0.3, -0.25) is 10.1 Å². The topological polar surface area (TPSA) is 89.7 Å². The Kier molecular flexibility index (Phi) is 4.21. The van der Waals surface area contributed by atoms with Gasteiger partial charge in [-0.05, 0) is 29.8 Å². The molecular weight excluding hydrogens is 319 g/mol. The van der Waals surface area contributed by atoms with Crippen molar-refractivity contribution >= 4 is 11.7 Å². The van der Waals surface area contributed by atoms with Crippen LogP contribution in [0.4, 0.5) is 18.9 Å². The van der Waals surface area contributed by atoms with E-state index in [0.29, 0.717) is 0 Å². The zero-order valence-corrected chi connectivity index (χ0v) is 11.2. The highest BCUT2D eigenvalue weighted by Crippen LogP contribution is 2.34. The highest BCUT2D eigenvalue weighted by molar-refractivity contribution is 5.96. The lowest BCUT2D eigenvalue weighted by molar-refractivity contribution is -0.384. The molecule has 0 heterocycles. The first kappa shape index (κ1) is 16.3. The van der Waals surface area contributed by atoms with E-state index in [4.69, 9.17) is 5.11 Å². The van der Waals surface area contributed by atoms with Crippen LogP contribution in [-0.4, -0.2) is 22.4 Å². The average molecular weight is 327 g/mol. The summed E-state index contributed by atoms with van der Waals surface area (Å²) in [5.74, 6) is -1.96. The van der Waals surface area contributed by atoms with Crippen molar-refractivity contribution in [2.45, 2.75) is 6.36 Å². The number of carboxylic acid groups (broad SMARTS) is 1. The summed E-state index contributed by atoms with van der Waals surface area (Å²) in [6.07, 6.45) is -4.85. The number of hydrogen-bond donors (Lipinski definition) is 1. The maximum Gasteiger partial charge on any atom is 0.573 e. The minimum absolute atomic E-state index is 0.0199. The maximum atomic E-state index is 12.1. The lowest BCUT2D eigenvalue weighted by Crippen LogP contribution is -2.16. The van der Waals surface area contributed by atoms with Crippen LogP contribution in [0.15, 0.2) is 42.5 Å². The summed E-state index contributed by atoms with van der Waals surface area (Å²) in [6, 6.07) is 8.02. The van der Waals surface area contributed by atoms with Gasteiger partial charge < -0.3 is 9.84 Å². The second kappa shape index (κ2) is 5.95. The molecule has 120 valence electrons. The SMILES string of the molecule is O=C(O)c1cccc(-c2ccc(OC(F)(F)F)cc2)c1[N+](=O)[O-]. The van der Waals surface area contributed by atoms with E-state index in [0.717, 1.165) is 18.2 Å². The minimum atomic E-state index is -4.85. The first-order chi connectivity index (χ1) is 10.7. The lowest BCUT2D eigenvalue weighted by Gasteiger charge is -2.10. The Morgan fingerprint density at radius 2 is 1.74 bits per heavy atom. The molecule has 0 aliphatic carbocycles. The molecule has 0 aliphatic rings. The number of halogens is 3. The largest absolute Gasteiger partial charge is 0.573 e. The van der Waals surface area contributed by atoms with Crippen LogP contribution in [0.3, 0.4) is 0 Å². The van der Waals surface area contributed by atoms with Gasteiger partial charge in [-0.25, -0.2) is 4.79 Å². The molecule has 0 amide bonds. The van der Waals surface area contributed by atoms with E-state index < -0.39 is 34.3 Å². The fourth-order valence-electron chi connectivity index (χ4n) is 1.98. The number of hydrogen-bond acceptors (Lipinski definition) is 4. The van der Waals surface area contributed by atoms with Crippen molar-refractivity contribution in [2.75, 3.05) is 0 Å². The van der Waals surface area contributed by atoms with Crippen LogP contribution in [0.2, 0.25) is 0 Å². The number of aromatic carboxylic acids is 1. The van der Waals surface area contributed by atoms with Crippen LogP contribution < -0.4 is 4.74 Å². The number of carboxylic acids is 1. The van der Waals surface area contributed by atoms with Crippen LogP contribution in [0.5, 0.6) is 5.75 Å². The van der Waals surface area contributed by atoms with Gasteiger partial charge in [-0.2, -0.15) is 0 Å². The Hall–Kier alpha value is -3.10. The number of rotatable bonds is 4. The molecule has 1 N–H and O–H groups in total.